The number of rotatable bonds is 4. The molecule has 2 rings (SSSR count). The summed E-state index contributed by atoms with van der Waals surface area (Å²) in [5.74, 6) is 0.500. The monoisotopic (exact) mass is 261 g/mol. The fraction of sp³-hybridized carbons (Fsp3) is 0.462. The molecule has 0 radical (unpaired) electrons. The van der Waals surface area contributed by atoms with Crippen molar-refractivity contribution in [1.29, 1.82) is 0 Å². The van der Waals surface area contributed by atoms with Gasteiger partial charge >= 0.3 is 0 Å². The first-order valence-electron chi connectivity index (χ1n) is 6.27. The van der Waals surface area contributed by atoms with Crippen LogP contribution in [0.5, 0.6) is 0 Å². The van der Waals surface area contributed by atoms with E-state index in [-0.39, 0.29) is 11.9 Å². The van der Waals surface area contributed by atoms with Crippen LogP contribution in [0.2, 0.25) is 0 Å². The van der Waals surface area contributed by atoms with Gasteiger partial charge in [-0.15, -0.1) is 0 Å². The fourth-order valence-electron chi connectivity index (χ4n) is 2.11. The highest BCUT2D eigenvalue weighted by atomic mass is 16.1. The largest absolute Gasteiger partial charge is 0.320 e. The Morgan fingerprint density at radius 2 is 2.21 bits per heavy atom. The Morgan fingerprint density at radius 3 is 2.74 bits per heavy atom. The molecule has 2 aromatic rings. The van der Waals surface area contributed by atoms with Gasteiger partial charge in [0.15, 0.2) is 0 Å². The maximum atomic E-state index is 12.0. The SMILES string of the molecule is Cc1cc(C)n(C(C)CC(=O)Nc2nccn2C)n1. The molecule has 1 atom stereocenters. The molecule has 1 unspecified atom stereocenters. The Labute approximate surface area is 112 Å². The second kappa shape index (κ2) is 5.26. The lowest BCUT2D eigenvalue weighted by Crippen LogP contribution is -2.20. The first-order chi connectivity index (χ1) is 8.97. The van der Waals surface area contributed by atoms with E-state index in [1.807, 2.05) is 38.6 Å². The third-order valence-corrected chi connectivity index (χ3v) is 3.02. The van der Waals surface area contributed by atoms with Gasteiger partial charge in [-0.05, 0) is 26.8 Å². The molecule has 6 nitrogen and oxygen atoms in total. The van der Waals surface area contributed by atoms with E-state index in [1.165, 1.54) is 0 Å². The van der Waals surface area contributed by atoms with E-state index in [4.69, 9.17) is 0 Å². The molecule has 0 aliphatic heterocycles. The summed E-state index contributed by atoms with van der Waals surface area (Å²) in [6.45, 7) is 5.93. The summed E-state index contributed by atoms with van der Waals surface area (Å²) in [5.41, 5.74) is 2.03. The van der Waals surface area contributed by atoms with Crippen LogP contribution in [-0.2, 0) is 11.8 Å². The predicted molar refractivity (Wildman–Crippen MR) is 72.9 cm³/mol. The molecule has 0 aliphatic carbocycles. The van der Waals surface area contributed by atoms with Gasteiger partial charge in [-0.2, -0.15) is 5.10 Å². The van der Waals surface area contributed by atoms with Crippen LogP contribution in [-0.4, -0.2) is 25.2 Å². The van der Waals surface area contributed by atoms with Gasteiger partial charge in [0.25, 0.3) is 0 Å². The number of amides is 1. The van der Waals surface area contributed by atoms with Crippen LogP contribution in [0.4, 0.5) is 5.95 Å². The number of hydrogen-bond acceptors (Lipinski definition) is 3. The van der Waals surface area contributed by atoms with Crippen LogP contribution >= 0.6 is 0 Å². The van der Waals surface area contributed by atoms with Crippen molar-refractivity contribution in [3.05, 3.63) is 29.8 Å². The average molecular weight is 261 g/mol. The summed E-state index contributed by atoms with van der Waals surface area (Å²) in [7, 11) is 1.84. The van der Waals surface area contributed by atoms with Crippen molar-refractivity contribution in [2.24, 2.45) is 7.05 Å². The average Bonchev–Trinajstić information content (AvgIpc) is 2.85. The molecule has 0 aliphatic rings. The van der Waals surface area contributed by atoms with Crippen molar-refractivity contribution in [3.8, 4) is 0 Å². The maximum Gasteiger partial charge on any atom is 0.228 e. The van der Waals surface area contributed by atoms with Gasteiger partial charge in [-0.25, -0.2) is 4.98 Å². The summed E-state index contributed by atoms with van der Waals surface area (Å²) >= 11 is 0. The van der Waals surface area contributed by atoms with Gasteiger partial charge in [0, 0.05) is 31.6 Å². The minimum absolute atomic E-state index is 0.0222. The highest BCUT2D eigenvalue weighted by Gasteiger charge is 2.15. The van der Waals surface area contributed by atoms with Crippen molar-refractivity contribution < 1.29 is 4.79 Å². The molecule has 6 heteroatoms. The van der Waals surface area contributed by atoms with Crippen LogP contribution < -0.4 is 5.32 Å². The molecular formula is C13H19N5O. The molecule has 0 aromatic carbocycles. The van der Waals surface area contributed by atoms with Crippen molar-refractivity contribution >= 4 is 11.9 Å². The van der Waals surface area contributed by atoms with Gasteiger partial charge in [0.1, 0.15) is 0 Å². The molecule has 102 valence electrons. The zero-order valence-electron chi connectivity index (χ0n) is 11.7. The van der Waals surface area contributed by atoms with Crippen LogP contribution in [0, 0.1) is 13.8 Å². The van der Waals surface area contributed by atoms with E-state index in [0.29, 0.717) is 12.4 Å². The third kappa shape index (κ3) is 3.01. The smallest absolute Gasteiger partial charge is 0.228 e. The number of aromatic nitrogens is 4. The van der Waals surface area contributed by atoms with Crippen molar-refractivity contribution in [2.45, 2.75) is 33.2 Å². The number of nitrogens with one attached hydrogen (secondary N) is 1. The number of carbonyl (C=O) groups is 1. The van der Waals surface area contributed by atoms with Crippen molar-refractivity contribution in [2.75, 3.05) is 5.32 Å². The number of aryl methyl sites for hydroxylation is 3. The molecule has 2 aromatic heterocycles. The second-order valence-electron chi connectivity index (χ2n) is 4.83. The first kappa shape index (κ1) is 13.3. The third-order valence-electron chi connectivity index (χ3n) is 3.02. The first-order valence-corrected chi connectivity index (χ1v) is 6.27. The van der Waals surface area contributed by atoms with E-state index in [1.54, 1.807) is 17.0 Å². The Balaban J connectivity index is 1.99. The topological polar surface area (TPSA) is 64.7 Å². The van der Waals surface area contributed by atoms with E-state index in [0.717, 1.165) is 11.4 Å². The zero-order chi connectivity index (χ0) is 14.0. The fourth-order valence-corrected chi connectivity index (χ4v) is 2.11. The summed E-state index contributed by atoms with van der Waals surface area (Å²) in [6.07, 6.45) is 3.81. The van der Waals surface area contributed by atoms with Crippen LogP contribution in [0.25, 0.3) is 0 Å². The van der Waals surface area contributed by atoms with E-state index < -0.39 is 0 Å². The molecule has 0 fully saturated rings. The minimum atomic E-state index is -0.0608. The van der Waals surface area contributed by atoms with Crippen molar-refractivity contribution in [1.82, 2.24) is 19.3 Å². The van der Waals surface area contributed by atoms with Crippen molar-refractivity contribution in [3.63, 3.8) is 0 Å². The molecule has 0 bridgehead atoms. The molecule has 19 heavy (non-hydrogen) atoms. The normalized spacial score (nSPS) is 12.4. The predicted octanol–water partition coefficient (Wildman–Crippen LogP) is 1.82. The summed E-state index contributed by atoms with van der Waals surface area (Å²) in [4.78, 5) is 16.0. The lowest BCUT2D eigenvalue weighted by Gasteiger charge is -2.14. The molecule has 0 saturated heterocycles. The Morgan fingerprint density at radius 1 is 1.47 bits per heavy atom. The molecule has 0 spiro atoms. The molecule has 0 saturated carbocycles. The van der Waals surface area contributed by atoms with Gasteiger partial charge in [-0.1, -0.05) is 0 Å². The van der Waals surface area contributed by atoms with Gasteiger partial charge in [-0.3, -0.25) is 14.8 Å². The number of anilines is 1. The van der Waals surface area contributed by atoms with Crippen LogP contribution in [0.1, 0.15) is 30.8 Å². The minimum Gasteiger partial charge on any atom is -0.320 e. The Bertz CT molecular complexity index is 584. The highest BCUT2D eigenvalue weighted by Crippen LogP contribution is 2.15. The summed E-state index contributed by atoms with van der Waals surface area (Å²) in [6, 6.07) is 2.03. The number of carbonyl (C=O) groups excluding carboxylic acids is 1. The van der Waals surface area contributed by atoms with Gasteiger partial charge in [0.2, 0.25) is 11.9 Å². The highest BCUT2D eigenvalue weighted by molar-refractivity contribution is 5.89. The lowest BCUT2D eigenvalue weighted by molar-refractivity contribution is -0.117. The number of imidazole rings is 1. The molecule has 1 amide bonds. The molecule has 1 N–H and O–H groups in total. The molecular weight excluding hydrogens is 242 g/mol. The van der Waals surface area contributed by atoms with E-state index in [9.17, 15) is 4.79 Å². The molecule has 2 heterocycles. The summed E-state index contributed by atoms with van der Waals surface area (Å²) in [5, 5.41) is 7.18. The van der Waals surface area contributed by atoms with Crippen LogP contribution in [0.3, 0.4) is 0 Å². The maximum absolute atomic E-state index is 12.0. The zero-order valence-corrected chi connectivity index (χ0v) is 11.7. The van der Waals surface area contributed by atoms with Gasteiger partial charge < -0.3 is 4.57 Å². The van der Waals surface area contributed by atoms with E-state index in [2.05, 4.69) is 15.4 Å². The standard InChI is InChI=1S/C13H19N5O/c1-9-7-10(2)18(16-9)11(3)8-12(19)15-13-14-5-6-17(13)4/h5-7,11H,8H2,1-4H3,(H,14,15,19). The lowest BCUT2D eigenvalue weighted by atomic mass is 10.2. The Kier molecular flexibility index (Phi) is 3.69. The summed E-state index contributed by atoms with van der Waals surface area (Å²) < 4.78 is 3.65. The second-order valence-corrected chi connectivity index (χ2v) is 4.83. The number of nitrogens with zero attached hydrogens (tertiary/aromatic N) is 4. The Hall–Kier alpha value is -2.11. The van der Waals surface area contributed by atoms with Gasteiger partial charge in [0.05, 0.1) is 11.7 Å². The number of hydrogen-bond donors (Lipinski definition) is 1. The quantitative estimate of drug-likeness (QED) is 0.913. The van der Waals surface area contributed by atoms with Crippen LogP contribution in [0.15, 0.2) is 18.5 Å². The van der Waals surface area contributed by atoms with E-state index >= 15 is 0 Å².